The van der Waals surface area contributed by atoms with E-state index < -0.39 is 0 Å². The zero-order chi connectivity index (χ0) is 8.84. The summed E-state index contributed by atoms with van der Waals surface area (Å²) >= 11 is 0. The molecule has 1 aromatic rings. The molecule has 2 fully saturated rings. The lowest BCUT2D eigenvalue weighted by atomic mass is 10.1. The van der Waals surface area contributed by atoms with Gasteiger partial charge in [0.05, 0.1) is 0 Å². The van der Waals surface area contributed by atoms with E-state index in [-0.39, 0.29) is 0 Å². The Bertz CT molecular complexity index is 312. The summed E-state index contributed by atoms with van der Waals surface area (Å²) in [6, 6.07) is 0. The third-order valence-electron chi connectivity index (χ3n) is 3.12. The Balaban J connectivity index is 1.79. The molecule has 0 bridgehead atoms. The second-order valence-corrected chi connectivity index (χ2v) is 4.39. The molecule has 0 spiro atoms. The number of aromatic nitrogens is 2. The van der Waals surface area contributed by atoms with Crippen LogP contribution >= 0.6 is 0 Å². The summed E-state index contributed by atoms with van der Waals surface area (Å²) in [7, 11) is 0. The van der Waals surface area contributed by atoms with E-state index in [1.807, 2.05) is 0 Å². The summed E-state index contributed by atoms with van der Waals surface area (Å²) in [5.41, 5.74) is 0. The summed E-state index contributed by atoms with van der Waals surface area (Å²) in [5.74, 6) is 3.73. The zero-order valence-electron chi connectivity index (χ0n) is 7.86. The average molecular weight is 178 g/mol. The van der Waals surface area contributed by atoms with E-state index in [0.717, 1.165) is 17.6 Å². The maximum Gasteiger partial charge on any atom is 0.229 e. The fourth-order valence-corrected chi connectivity index (χ4v) is 1.74. The van der Waals surface area contributed by atoms with Gasteiger partial charge in [0, 0.05) is 11.8 Å². The quantitative estimate of drug-likeness (QED) is 0.713. The highest BCUT2D eigenvalue weighted by molar-refractivity contribution is 5.06. The standard InChI is InChI=1S/C10H14N2O/c1-6(7-2-3-7)10-11-9(12-13-10)8-4-5-8/h6-8H,2-5H2,1H3. The minimum Gasteiger partial charge on any atom is -0.339 e. The minimum absolute atomic E-state index is 0.486. The number of hydrogen-bond acceptors (Lipinski definition) is 3. The van der Waals surface area contributed by atoms with Crippen LogP contribution in [-0.4, -0.2) is 10.1 Å². The predicted octanol–water partition coefficient (Wildman–Crippen LogP) is 2.46. The predicted molar refractivity (Wildman–Crippen MR) is 47.4 cm³/mol. The molecule has 3 nitrogen and oxygen atoms in total. The van der Waals surface area contributed by atoms with Gasteiger partial charge in [0.25, 0.3) is 0 Å². The highest BCUT2D eigenvalue weighted by Crippen LogP contribution is 2.43. The van der Waals surface area contributed by atoms with Gasteiger partial charge in [-0.1, -0.05) is 12.1 Å². The Morgan fingerprint density at radius 3 is 2.69 bits per heavy atom. The van der Waals surface area contributed by atoms with E-state index in [9.17, 15) is 0 Å². The second kappa shape index (κ2) is 2.56. The number of rotatable bonds is 3. The van der Waals surface area contributed by atoms with Crippen molar-refractivity contribution in [3.05, 3.63) is 11.7 Å². The van der Waals surface area contributed by atoms with Crippen LogP contribution in [0.4, 0.5) is 0 Å². The molecule has 3 rings (SSSR count). The van der Waals surface area contributed by atoms with Crippen LogP contribution in [0.25, 0.3) is 0 Å². The van der Waals surface area contributed by atoms with Crippen LogP contribution in [0.2, 0.25) is 0 Å². The van der Waals surface area contributed by atoms with Crippen LogP contribution in [0.3, 0.4) is 0 Å². The smallest absolute Gasteiger partial charge is 0.229 e. The highest BCUT2D eigenvalue weighted by Gasteiger charge is 2.34. The molecular formula is C10H14N2O. The molecule has 13 heavy (non-hydrogen) atoms. The van der Waals surface area contributed by atoms with E-state index in [2.05, 4.69) is 17.1 Å². The van der Waals surface area contributed by atoms with Gasteiger partial charge in [0.1, 0.15) is 0 Å². The molecule has 1 aromatic heterocycles. The van der Waals surface area contributed by atoms with Crippen molar-refractivity contribution in [1.82, 2.24) is 10.1 Å². The van der Waals surface area contributed by atoms with Crippen LogP contribution in [0.15, 0.2) is 4.52 Å². The Morgan fingerprint density at radius 1 is 1.31 bits per heavy atom. The summed E-state index contributed by atoms with van der Waals surface area (Å²) in [6.45, 7) is 2.20. The lowest BCUT2D eigenvalue weighted by molar-refractivity contribution is 0.345. The van der Waals surface area contributed by atoms with E-state index in [1.54, 1.807) is 0 Å². The van der Waals surface area contributed by atoms with Crippen molar-refractivity contribution in [2.45, 2.75) is 44.4 Å². The molecule has 1 unspecified atom stereocenters. The Labute approximate surface area is 77.5 Å². The van der Waals surface area contributed by atoms with E-state index in [1.165, 1.54) is 25.7 Å². The van der Waals surface area contributed by atoms with E-state index in [4.69, 9.17) is 4.52 Å². The van der Waals surface area contributed by atoms with Gasteiger partial charge in [-0.2, -0.15) is 4.98 Å². The molecule has 1 atom stereocenters. The van der Waals surface area contributed by atoms with Crippen LogP contribution in [0, 0.1) is 5.92 Å². The van der Waals surface area contributed by atoms with Crippen molar-refractivity contribution in [2.24, 2.45) is 5.92 Å². The first-order valence-electron chi connectivity index (χ1n) is 5.18. The zero-order valence-corrected chi connectivity index (χ0v) is 7.86. The van der Waals surface area contributed by atoms with Gasteiger partial charge in [-0.25, -0.2) is 0 Å². The average Bonchev–Trinajstić information content (AvgIpc) is 3.02. The molecule has 0 saturated heterocycles. The third kappa shape index (κ3) is 1.36. The van der Waals surface area contributed by atoms with Crippen molar-refractivity contribution in [2.75, 3.05) is 0 Å². The fraction of sp³-hybridized carbons (Fsp3) is 0.800. The van der Waals surface area contributed by atoms with Crippen molar-refractivity contribution in [3.63, 3.8) is 0 Å². The van der Waals surface area contributed by atoms with Crippen LogP contribution in [-0.2, 0) is 0 Å². The summed E-state index contributed by atoms with van der Waals surface area (Å²) < 4.78 is 5.27. The second-order valence-electron chi connectivity index (χ2n) is 4.39. The molecule has 2 aliphatic rings. The SMILES string of the molecule is CC(c1nc(C2CC2)no1)C1CC1. The van der Waals surface area contributed by atoms with E-state index >= 15 is 0 Å². The summed E-state index contributed by atoms with van der Waals surface area (Å²) in [4.78, 5) is 4.46. The molecule has 1 heterocycles. The molecule has 0 amide bonds. The summed E-state index contributed by atoms with van der Waals surface area (Å²) in [6.07, 6.45) is 5.16. The van der Waals surface area contributed by atoms with Gasteiger partial charge in [0.15, 0.2) is 5.82 Å². The van der Waals surface area contributed by atoms with Gasteiger partial charge < -0.3 is 4.52 Å². The summed E-state index contributed by atoms with van der Waals surface area (Å²) in [5, 5.41) is 4.02. The molecule has 0 radical (unpaired) electrons. The molecule has 0 aliphatic heterocycles. The maximum absolute atomic E-state index is 5.27. The highest BCUT2D eigenvalue weighted by atomic mass is 16.5. The van der Waals surface area contributed by atoms with Gasteiger partial charge in [-0.15, -0.1) is 0 Å². The van der Waals surface area contributed by atoms with Gasteiger partial charge in [0.2, 0.25) is 5.89 Å². The lowest BCUT2D eigenvalue weighted by Crippen LogP contribution is -1.95. The molecule has 0 aromatic carbocycles. The first kappa shape index (κ1) is 7.54. The maximum atomic E-state index is 5.27. The Morgan fingerprint density at radius 2 is 2.08 bits per heavy atom. The minimum atomic E-state index is 0.486. The topological polar surface area (TPSA) is 38.9 Å². The van der Waals surface area contributed by atoms with E-state index in [0.29, 0.717) is 11.8 Å². The Hall–Kier alpha value is -0.860. The van der Waals surface area contributed by atoms with Crippen LogP contribution in [0.5, 0.6) is 0 Å². The normalized spacial score (nSPS) is 24.7. The van der Waals surface area contributed by atoms with Crippen molar-refractivity contribution < 1.29 is 4.52 Å². The number of hydrogen-bond donors (Lipinski definition) is 0. The fourth-order valence-electron chi connectivity index (χ4n) is 1.74. The van der Waals surface area contributed by atoms with Crippen molar-refractivity contribution in [3.8, 4) is 0 Å². The largest absolute Gasteiger partial charge is 0.339 e. The molecular weight excluding hydrogens is 164 g/mol. The van der Waals surface area contributed by atoms with Crippen molar-refractivity contribution >= 4 is 0 Å². The lowest BCUT2D eigenvalue weighted by Gasteiger charge is -2.00. The first-order valence-corrected chi connectivity index (χ1v) is 5.18. The molecule has 2 saturated carbocycles. The molecule has 2 aliphatic carbocycles. The molecule has 3 heteroatoms. The van der Waals surface area contributed by atoms with Crippen LogP contribution < -0.4 is 0 Å². The first-order chi connectivity index (χ1) is 6.34. The molecule has 0 N–H and O–H groups in total. The number of nitrogens with zero attached hydrogens (tertiary/aromatic N) is 2. The molecule has 70 valence electrons. The van der Waals surface area contributed by atoms with Crippen LogP contribution in [0.1, 0.15) is 56.2 Å². The van der Waals surface area contributed by atoms with Gasteiger partial charge in [-0.3, -0.25) is 0 Å². The van der Waals surface area contributed by atoms with Crippen molar-refractivity contribution in [1.29, 1.82) is 0 Å². The third-order valence-corrected chi connectivity index (χ3v) is 3.12. The van der Waals surface area contributed by atoms with Gasteiger partial charge in [-0.05, 0) is 31.6 Å². The Kier molecular flexibility index (Phi) is 1.49. The van der Waals surface area contributed by atoms with Gasteiger partial charge >= 0.3 is 0 Å². The monoisotopic (exact) mass is 178 g/mol.